The monoisotopic (exact) mass is 298 g/mol. The summed E-state index contributed by atoms with van der Waals surface area (Å²) in [6.07, 6.45) is 0.517. The Balaban J connectivity index is 2.50. The van der Waals surface area contributed by atoms with Gasteiger partial charge < -0.3 is 10.5 Å². The highest BCUT2D eigenvalue weighted by Crippen LogP contribution is 2.39. The van der Waals surface area contributed by atoms with Crippen LogP contribution in [0.5, 0.6) is 0 Å². The molecule has 2 N–H and O–H groups in total. The first-order chi connectivity index (χ1) is 9.48. The van der Waals surface area contributed by atoms with Crippen molar-refractivity contribution in [3.8, 4) is 0 Å². The van der Waals surface area contributed by atoms with Gasteiger partial charge in [0.05, 0.1) is 22.8 Å². The molecule has 6 heteroatoms. The van der Waals surface area contributed by atoms with E-state index in [0.717, 1.165) is 5.56 Å². The van der Waals surface area contributed by atoms with Crippen molar-refractivity contribution in [2.75, 3.05) is 39.6 Å². The lowest BCUT2D eigenvalue weighted by Crippen LogP contribution is -2.53. The third-order valence-corrected chi connectivity index (χ3v) is 5.97. The van der Waals surface area contributed by atoms with Crippen molar-refractivity contribution >= 4 is 9.84 Å². The fraction of sp³-hybridized carbons (Fsp3) is 0.571. The highest BCUT2D eigenvalue weighted by atomic mass is 32.2. The summed E-state index contributed by atoms with van der Waals surface area (Å²) < 4.78 is 29.6. The first-order valence-corrected chi connectivity index (χ1v) is 8.36. The van der Waals surface area contributed by atoms with Gasteiger partial charge in [-0.25, -0.2) is 8.42 Å². The van der Waals surface area contributed by atoms with Gasteiger partial charge in [-0.3, -0.25) is 4.90 Å². The normalized spacial score (nSPS) is 24.6. The van der Waals surface area contributed by atoms with E-state index >= 15 is 0 Å². The zero-order valence-corrected chi connectivity index (χ0v) is 12.8. The van der Waals surface area contributed by atoms with Gasteiger partial charge in [0.25, 0.3) is 0 Å². The largest absolute Gasteiger partial charge is 0.383 e. The van der Waals surface area contributed by atoms with Crippen LogP contribution >= 0.6 is 0 Å². The second-order valence-electron chi connectivity index (χ2n) is 5.22. The molecule has 0 amide bonds. The molecule has 1 unspecified atom stereocenters. The van der Waals surface area contributed by atoms with Crippen molar-refractivity contribution in [1.29, 1.82) is 0 Å². The Morgan fingerprint density at radius 3 is 2.75 bits per heavy atom. The number of sulfone groups is 1. The molecule has 1 aromatic rings. The van der Waals surface area contributed by atoms with Gasteiger partial charge in [0.2, 0.25) is 0 Å². The Kier molecular flexibility index (Phi) is 4.49. The number of hydrogen-bond donors (Lipinski definition) is 1. The Labute approximate surface area is 120 Å². The van der Waals surface area contributed by atoms with Crippen LogP contribution < -0.4 is 5.73 Å². The van der Waals surface area contributed by atoms with Crippen LogP contribution in [0.15, 0.2) is 29.2 Å². The number of hydrogen-bond acceptors (Lipinski definition) is 5. The van der Waals surface area contributed by atoms with Gasteiger partial charge in [0.15, 0.2) is 9.84 Å². The van der Waals surface area contributed by atoms with Crippen LogP contribution in [0.1, 0.15) is 12.0 Å². The summed E-state index contributed by atoms with van der Waals surface area (Å²) in [5, 5.41) is 0. The predicted octanol–water partition coefficient (Wildman–Crippen LogP) is 0.596. The molecule has 1 heterocycles. The van der Waals surface area contributed by atoms with Crippen LogP contribution in [0.2, 0.25) is 0 Å². The number of likely N-dealkylation sites (N-methyl/N-ethyl adjacent to an activating group) is 1. The van der Waals surface area contributed by atoms with E-state index < -0.39 is 15.4 Å². The molecule has 0 saturated carbocycles. The minimum atomic E-state index is -3.19. The van der Waals surface area contributed by atoms with Crippen LogP contribution in [0.4, 0.5) is 0 Å². The molecule has 0 spiro atoms. The number of ether oxygens (including phenoxy) is 1. The zero-order chi connectivity index (χ0) is 14.8. The average Bonchev–Trinajstić information content (AvgIpc) is 2.46. The second kappa shape index (κ2) is 5.81. The summed E-state index contributed by atoms with van der Waals surface area (Å²) in [5.74, 6) is 0.137. The van der Waals surface area contributed by atoms with Gasteiger partial charge in [0.1, 0.15) is 0 Å². The Hall–Kier alpha value is -0.950. The molecule has 1 aliphatic heterocycles. The van der Waals surface area contributed by atoms with Gasteiger partial charge >= 0.3 is 0 Å². The minimum absolute atomic E-state index is 0.137. The second-order valence-corrected chi connectivity index (χ2v) is 7.29. The smallest absolute Gasteiger partial charge is 0.178 e. The zero-order valence-electron chi connectivity index (χ0n) is 12.0. The van der Waals surface area contributed by atoms with Crippen LogP contribution in [-0.4, -0.2) is 52.9 Å². The summed E-state index contributed by atoms with van der Waals surface area (Å²) in [4.78, 5) is 2.53. The molecule has 2 rings (SSSR count). The Morgan fingerprint density at radius 2 is 2.10 bits per heavy atom. The molecular weight excluding hydrogens is 276 g/mol. The Morgan fingerprint density at radius 1 is 1.40 bits per heavy atom. The molecule has 1 atom stereocenters. The van der Waals surface area contributed by atoms with Crippen molar-refractivity contribution in [3.05, 3.63) is 29.8 Å². The third kappa shape index (κ3) is 2.48. The molecule has 0 aromatic heterocycles. The van der Waals surface area contributed by atoms with Gasteiger partial charge in [-0.05, 0) is 25.1 Å². The maximum absolute atomic E-state index is 12.2. The van der Waals surface area contributed by atoms with Gasteiger partial charge in [-0.15, -0.1) is 0 Å². The number of methoxy groups -OCH3 is 1. The van der Waals surface area contributed by atoms with Crippen LogP contribution in [0.25, 0.3) is 0 Å². The standard InChI is InChI=1S/C14H22N2O3S/c1-16(8-9-19-2)14(11-15)7-10-20(17,18)13-6-4-3-5-12(13)14/h3-6H,7-11,15H2,1-2H3. The predicted molar refractivity (Wildman–Crippen MR) is 78.4 cm³/mol. The van der Waals surface area contributed by atoms with E-state index in [-0.39, 0.29) is 5.75 Å². The molecule has 112 valence electrons. The van der Waals surface area contributed by atoms with Crippen molar-refractivity contribution < 1.29 is 13.2 Å². The number of rotatable bonds is 5. The summed E-state index contributed by atoms with van der Waals surface area (Å²) in [6.45, 7) is 1.69. The molecule has 0 fully saturated rings. The first kappa shape index (κ1) is 15.4. The van der Waals surface area contributed by atoms with Crippen molar-refractivity contribution in [2.45, 2.75) is 16.9 Å². The van der Waals surface area contributed by atoms with Gasteiger partial charge in [-0.2, -0.15) is 0 Å². The highest BCUT2D eigenvalue weighted by molar-refractivity contribution is 7.91. The van der Waals surface area contributed by atoms with E-state index in [1.165, 1.54) is 0 Å². The molecule has 5 nitrogen and oxygen atoms in total. The van der Waals surface area contributed by atoms with Crippen LogP contribution in [-0.2, 0) is 20.1 Å². The van der Waals surface area contributed by atoms with Crippen LogP contribution in [0.3, 0.4) is 0 Å². The van der Waals surface area contributed by atoms with E-state index in [1.807, 2.05) is 19.2 Å². The summed E-state index contributed by atoms with van der Waals surface area (Å²) in [7, 11) is 0.437. The summed E-state index contributed by atoms with van der Waals surface area (Å²) in [5.41, 5.74) is 6.42. The van der Waals surface area contributed by atoms with E-state index in [0.29, 0.717) is 31.0 Å². The number of nitrogens with two attached hydrogens (primary N) is 1. The average molecular weight is 298 g/mol. The van der Waals surface area contributed by atoms with Crippen molar-refractivity contribution in [3.63, 3.8) is 0 Å². The SMILES string of the molecule is COCCN(C)C1(CN)CCS(=O)(=O)c2ccccc21. The quantitative estimate of drug-likeness (QED) is 0.861. The van der Waals surface area contributed by atoms with Crippen molar-refractivity contribution in [2.24, 2.45) is 5.73 Å². The van der Waals surface area contributed by atoms with E-state index in [2.05, 4.69) is 4.90 Å². The molecule has 1 aliphatic rings. The lowest BCUT2D eigenvalue weighted by molar-refractivity contribution is 0.0754. The minimum Gasteiger partial charge on any atom is -0.383 e. The van der Waals surface area contributed by atoms with Gasteiger partial charge in [0, 0.05) is 20.2 Å². The molecule has 0 radical (unpaired) electrons. The molecule has 20 heavy (non-hydrogen) atoms. The first-order valence-electron chi connectivity index (χ1n) is 6.70. The fourth-order valence-electron chi connectivity index (χ4n) is 2.88. The van der Waals surface area contributed by atoms with E-state index in [4.69, 9.17) is 10.5 Å². The summed E-state index contributed by atoms with van der Waals surface area (Å²) in [6, 6.07) is 7.19. The number of benzene rings is 1. The van der Waals surface area contributed by atoms with E-state index in [9.17, 15) is 8.42 Å². The number of nitrogens with zero attached hydrogens (tertiary/aromatic N) is 1. The Bertz CT molecular complexity index is 574. The molecule has 0 aliphatic carbocycles. The molecule has 1 aromatic carbocycles. The topological polar surface area (TPSA) is 72.6 Å². The van der Waals surface area contributed by atoms with Gasteiger partial charge in [-0.1, -0.05) is 18.2 Å². The van der Waals surface area contributed by atoms with Crippen LogP contribution in [0, 0.1) is 0 Å². The fourth-order valence-corrected chi connectivity index (χ4v) is 4.58. The summed E-state index contributed by atoms with van der Waals surface area (Å²) >= 11 is 0. The number of fused-ring (bicyclic) bond motifs is 1. The van der Waals surface area contributed by atoms with E-state index in [1.54, 1.807) is 19.2 Å². The maximum Gasteiger partial charge on any atom is 0.178 e. The molecule has 0 saturated heterocycles. The van der Waals surface area contributed by atoms with Crippen molar-refractivity contribution in [1.82, 2.24) is 4.90 Å². The molecular formula is C14H22N2O3S. The maximum atomic E-state index is 12.2. The highest BCUT2D eigenvalue weighted by Gasteiger charge is 2.43. The molecule has 0 bridgehead atoms. The third-order valence-electron chi connectivity index (χ3n) is 4.21. The lowest BCUT2D eigenvalue weighted by Gasteiger charge is -2.45. The lowest BCUT2D eigenvalue weighted by atomic mass is 9.85.